The van der Waals surface area contributed by atoms with Gasteiger partial charge in [-0.2, -0.15) is 5.10 Å². The zero-order chi connectivity index (χ0) is 16.9. The number of ether oxygens (including phenoxy) is 1. The highest BCUT2D eigenvalue weighted by Crippen LogP contribution is 2.29. The molecule has 1 N–H and O–H groups in total. The summed E-state index contributed by atoms with van der Waals surface area (Å²) in [5.41, 5.74) is 1.64. The van der Waals surface area contributed by atoms with Crippen LogP contribution in [0.4, 0.5) is 11.4 Å². The first-order valence-electron chi connectivity index (χ1n) is 7.18. The summed E-state index contributed by atoms with van der Waals surface area (Å²) in [6, 6.07) is 10.3. The number of hydrogen-bond acceptors (Lipinski definition) is 6. The van der Waals surface area contributed by atoms with Crippen molar-refractivity contribution in [1.82, 2.24) is 14.8 Å². The molecule has 3 aromatic rings. The van der Waals surface area contributed by atoms with Crippen LogP contribution in [0, 0.1) is 10.1 Å². The van der Waals surface area contributed by atoms with Crippen molar-refractivity contribution in [2.45, 2.75) is 6.54 Å². The van der Waals surface area contributed by atoms with Gasteiger partial charge in [0.2, 0.25) is 0 Å². The van der Waals surface area contributed by atoms with Crippen LogP contribution in [-0.2, 0) is 6.54 Å². The number of pyridine rings is 1. The lowest BCUT2D eigenvalue weighted by molar-refractivity contribution is -0.385. The van der Waals surface area contributed by atoms with E-state index in [0.29, 0.717) is 6.54 Å². The average molecular weight is 325 g/mol. The van der Waals surface area contributed by atoms with Gasteiger partial charge in [-0.1, -0.05) is 6.07 Å². The third-order valence-electron chi connectivity index (χ3n) is 3.42. The van der Waals surface area contributed by atoms with Crippen LogP contribution in [0.25, 0.3) is 5.82 Å². The van der Waals surface area contributed by atoms with E-state index in [2.05, 4.69) is 15.4 Å². The van der Waals surface area contributed by atoms with Gasteiger partial charge in [0.15, 0.2) is 11.6 Å². The molecule has 0 radical (unpaired) electrons. The molecule has 8 heteroatoms. The SMILES string of the molecule is COc1cc(NCc2ccc(-n3cccn3)nc2)ccc1[N+](=O)[O-]. The molecule has 2 aromatic heterocycles. The number of nitrogens with zero attached hydrogens (tertiary/aromatic N) is 4. The maximum atomic E-state index is 10.9. The monoisotopic (exact) mass is 325 g/mol. The minimum absolute atomic E-state index is 0.0618. The van der Waals surface area contributed by atoms with Gasteiger partial charge >= 0.3 is 5.69 Å². The van der Waals surface area contributed by atoms with Crippen LogP contribution in [-0.4, -0.2) is 26.8 Å². The third kappa shape index (κ3) is 3.32. The molecule has 0 fully saturated rings. The number of rotatable bonds is 6. The highest BCUT2D eigenvalue weighted by Gasteiger charge is 2.14. The minimum Gasteiger partial charge on any atom is -0.490 e. The second kappa shape index (κ2) is 6.78. The first-order valence-corrected chi connectivity index (χ1v) is 7.18. The smallest absolute Gasteiger partial charge is 0.311 e. The Labute approximate surface area is 137 Å². The molecule has 8 nitrogen and oxygen atoms in total. The molecule has 3 rings (SSSR count). The van der Waals surface area contributed by atoms with Crippen molar-refractivity contribution >= 4 is 11.4 Å². The molecular formula is C16H15N5O3. The summed E-state index contributed by atoms with van der Waals surface area (Å²) in [6.07, 6.45) is 5.27. The summed E-state index contributed by atoms with van der Waals surface area (Å²) in [4.78, 5) is 14.8. The number of nitrogens with one attached hydrogen (secondary N) is 1. The van der Waals surface area contributed by atoms with Crippen molar-refractivity contribution in [3.8, 4) is 11.6 Å². The fourth-order valence-electron chi connectivity index (χ4n) is 2.20. The highest BCUT2D eigenvalue weighted by molar-refractivity contribution is 5.58. The Hall–Kier alpha value is -3.42. The molecule has 0 bridgehead atoms. The van der Waals surface area contributed by atoms with E-state index < -0.39 is 4.92 Å². The predicted octanol–water partition coefficient (Wildman–Crippen LogP) is 2.80. The van der Waals surface area contributed by atoms with Gasteiger partial charge in [0, 0.05) is 43.0 Å². The number of nitro groups is 1. The summed E-state index contributed by atoms with van der Waals surface area (Å²) < 4.78 is 6.73. The van der Waals surface area contributed by atoms with Crippen LogP contribution in [0.2, 0.25) is 0 Å². The molecule has 0 aliphatic rings. The molecule has 1 aromatic carbocycles. The molecule has 0 saturated heterocycles. The van der Waals surface area contributed by atoms with E-state index in [1.807, 2.05) is 24.4 Å². The molecule has 24 heavy (non-hydrogen) atoms. The van der Waals surface area contributed by atoms with E-state index in [1.54, 1.807) is 29.2 Å². The molecule has 0 saturated carbocycles. The van der Waals surface area contributed by atoms with Gasteiger partial charge in [-0.05, 0) is 23.8 Å². The highest BCUT2D eigenvalue weighted by atomic mass is 16.6. The van der Waals surface area contributed by atoms with Crippen LogP contribution in [0.1, 0.15) is 5.56 Å². The second-order valence-electron chi connectivity index (χ2n) is 4.97. The van der Waals surface area contributed by atoms with Crippen LogP contribution < -0.4 is 10.1 Å². The Balaban J connectivity index is 1.68. The van der Waals surface area contributed by atoms with E-state index in [4.69, 9.17) is 4.74 Å². The Bertz CT molecular complexity index is 831. The topological polar surface area (TPSA) is 95.1 Å². The number of aromatic nitrogens is 3. The lowest BCUT2D eigenvalue weighted by Crippen LogP contribution is -2.03. The van der Waals surface area contributed by atoms with Gasteiger partial charge in [-0.25, -0.2) is 9.67 Å². The third-order valence-corrected chi connectivity index (χ3v) is 3.42. The number of methoxy groups -OCH3 is 1. The Kier molecular flexibility index (Phi) is 4.37. The molecule has 122 valence electrons. The fraction of sp³-hybridized carbons (Fsp3) is 0.125. The van der Waals surface area contributed by atoms with Crippen molar-refractivity contribution < 1.29 is 9.66 Å². The van der Waals surface area contributed by atoms with Gasteiger partial charge < -0.3 is 10.1 Å². The summed E-state index contributed by atoms with van der Waals surface area (Å²) in [7, 11) is 1.41. The Morgan fingerprint density at radius 1 is 1.33 bits per heavy atom. The van der Waals surface area contributed by atoms with Crippen molar-refractivity contribution in [1.29, 1.82) is 0 Å². The fourth-order valence-corrected chi connectivity index (χ4v) is 2.20. The van der Waals surface area contributed by atoms with E-state index in [0.717, 1.165) is 17.1 Å². The molecule has 0 aliphatic carbocycles. The molecular weight excluding hydrogens is 310 g/mol. The molecule has 0 aliphatic heterocycles. The normalized spacial score (nSPS) is 10.4. The van der Waals surface area contributed by atoms with Gasteiger partial charge in [-0.15, -0.1) is 0 Å². The van der Waals surface area contributed by atoms with Crippen molar-refractivity contribution in [2.24, 2.45) is 0 Å². The van der Waals surface area contributed by atoms with Crippen LogP contribution in [0.5, 0.6) is 5.75 Å². The summed E-state index contributed by atoms with van der Waals surface area (Å²) >= 11 is 0. The number of anilines is 1. The number of hydrogen-bond donors (Lipinski definition) is 1. The first kappa shape index (κ1) is 15.5. The van der Waals surface area contributed by atoms with E-state index in [-0.39, 0.29) is 11.4 Å². The van der Waals surface area contributed by atoms with Crippen LogP contribution >= 0.6 is 0 Å². The summed E-state index contributed by atoms with van der Waals surface area (Å²) in [5, 5.41) is 18.2. The Morgan fingerprint density at radius 3 is 2.83 bits per heavy atom. The van der Waals surface area contributed by atoms with Crippen LogP contribution in [0.15, 0.2) is 55.0 Å². The first-order chi connectivity index (χ1) is 11.7. The standard InChI is InChI=1S/C16H15N5O3/c1-24-15-9-13(4-5-14(15)21(22)23)17-10-12-3-6-16(18-11-12)20-8-2-7-19-20/h2-9,11,17H,10H2,1H3. The van der Waals surface area contributed by atoms with Crippen molar-refractivity contribution in [2.75, 3.05) is 12.4 Å². The number of nitro benzene ring substituents is 1. The maximum absolute atomic E-state index is 10.9. The second-order valence-corrected chi connectivity index (χ2v) is 4.97. The van der Waals surface area contributed by atoms with Crippen LogP contribution in [0.3, 0.4) is 0 Å². The van der Waals surface area contributed by atoms with Crippen molar-refractivity contribution in [3.05, 3.63) is 70.7 Å². The van der Waals surface area contributed by atoms with Gasteiger partial charge in [0.25, 0.3) is 0 Å². The van der Waals surface area contributed by atoms with Gasteiger partial charge in [0.05, 0.1) is 12.0 Å². The zero-order valence-corrected chi connectivity index (χ0v) is 12.9. The van der Waals surface area contributed by atoms with Gasteiger partial charge in [-0.3, -0.25) is 10.1 Å². The lowest BCUT2D eigenvalue weighted by Gasteiger charge is -2.09. The zero-order valence-electron chi connectivity index (χ0n) is 12.9. The lowest BCUT2D eigenvalue weighted by atomic mass is 10.2. The van der Waals surface area contributed by atoms with E-state index in [1.165, 1.54) is 13.2 Å². The van der Waals surface area contributed by atoms with E-state index >= 15 is 0 Å². The number of benzene rings is 1. The predicted molar refractivity (Wildman–Crippen MR) is 88.3 cm³/mol. The molecule has 0 amide bonds. The largest absolute Gasteiger partial charge is 0.490 e. The molecule has 0 unspecified atom stereocenters. The molecule has 0 spiro atoms. The summed E-state index contributed by atoms with van der Waals surface area (Å²) in [5.74, 6) is 0.956. The molecule has 0 atom stereocenters. The maximum Gasteiger partial charge on any atom is 0.311 e. The molecule has 2 heterocycles. The minimum atomic E-state index is -0.472. The summed E-state index contributed by atoms with van der Waals surface area (Å²) in [6.45, 7) is 0.535. The quantitative estimate of drug-likeness (QED) is 0.553. The van der Waals surface area contributed by atoms with E-state index in [9.17, 15) is 10.1 Å². The van der Waals surface area contributed by atoms with Gasteiger partial charge in [0.1, 0.15) is 0 Å². The van der Waals surface area contributed by atoms with Crippen molar-refractivity contribution in [3.63, 3.8) is 0 Å². The average Bonchev–Trinajstić information content (AvgIpc) is 3.14. The Morgan fingerprint density at radius 2 is 2.21 bits per heavy atom.